The van der Waals surface area contributed by atoms with Crippen LogP contribution in [-0.2, 0) is 9.47 Å². The van der Waals surface area contributed by atoms with Crippen molar-refractivity contribution in [1.29, 1.82) is 0 Å². The van der Waals surface area contributed by atoms with Gasteiger partial charge in [-0.3, -0.25) is 0 Å². The van der Waals surface area contributed by atoms with Gasteiger partial charge in [-0.2, -0.15) is 0 Å². The molecule has 0 aromatic carbocycles. The van der Waals surface area contributed by atoms with Crippen molar-refractivity contribution in [2.45, 2.75) is 46.1 Å². The van der Waals surface area contributed by atoms with Gasteiger partial charge >= 0.3 is 0 Å². The van der Waals surface area contributed by atoms with Gasteiger partial charge in [0.15, 0.2) is 0 Å². The monoisotopic (exact) mass is 261 g/mol. The summed E-state index contributed by atoms with van der Waals surface area (Å²) in [6.07, 6.45) is 1.87. The number of hydrogen-bond acceptors (Lipinski definition) is 4. The molecule has 4 nitrogen and oxygen atoms in total. The van der Waals surface area contributed by atoms with Gasteiger partial charge in [0.2, 0.25) is 0 Å². The molecule has 4 heteroatoms. The van der Waals surface area contributed by atoms with Gasteiger partial charge in [0.25, 0.3) is 0 Å². The molecule has 0 saturated carbocycles. The molecular formula is C14H31NO3. The molecule has 0 aliphatic rings. The largest absolute Gasteiger partial charge is 0.394 e. The van der Waals surface area contributed by atoms with Crippen LogP contribution in [-0.4, -0.2) is 50.2 Å². The zero-order chi connectivity index (χ0) is 13.9. The van der Waals surface area contributed by atoms with E-state index in [1.807, 2.05) is 6.92 Å². The van der Waals surface area contributed by atoms with Crippen LogP contribution in [0.15, 0.2) is 0 Å². The topological polar surface area (TPSA) is 50.7 Å². The van der Waals surface area contributed by atoms with Crippen LogP contribution < -0.4 is 5.32 Å². The predicted molar refractivity (Wildman–Crippen MR) is 74.9 cm³/mol. The molecule has 0 heterocycles. The minimum atomic E-state index is -0.174. The van der Waals surface area contributed by atoms with E-state index in [-0.39, 0.29) is 12.1 Å². The van der Waals surface area contributed by atoms with Gasteiger partial charge < -0.3 is 19.9 Å². The Morgan fingerprint density at radius 1 is 1.17 bits per heavy atom. The Kier molecular flexibility index (Phi) is 10.6. The third-order valence-electron chi connectivity index (χ3n) is 2.79. The number of ether oxygens (including phenoxy) is 2. The zero-order valence-electron chi connectivity index (χ0n) is 12.5. The summed E-state index contributed by atoms with van der Waals surface area (Å²) in [7, 11) is 0. The second-order valence-electron chi connectivity index (χ2n) is 5.43. The lowest BCUT2D eigenvalue weighted by atomic mass is 9.97. The average molecular weight is 261 g/mol. The lowest BCUT2D eigenvalue weighted by Gasteiger charge is -2.28. The summed E-state index contributed by atoms with van der Waals surface area (Å²) in [6.45, 7) is 12.3. The van der Waals surface area contributed by atoms with Gasteiger partial charge in [-0.05, 0) is 32.2 Å². The SMILES string of the molecule is CCNC(C)(CO)CCCOCCOCC(C)C. The summed E-state index contributed by atoms with van der Waals surface area (Å²) in [5.74, 6) is 0.579. The van der Waals surface area contributed by atoms with Crippen LogP contribution >= 0.6 is 0 Å². The highest BCUT2D eigenvalue weighted by atomic mass is 16.5. The number of aliphatic hydroxyl groups excluding tert-OH is 1. The Labute approximate surface area is 112 Å². The number of hydrogen-bond donors (Lipinski definition) is 2. The van der Waals surface area contributed by atoms with Crippen molar-refractivity contribution in [1.82, 2.24) is 5.32 Å². The summed E-state index contributed by atoms with van der Waals surface area (Å²) in [4.78, 5) is 0. The first kappa shape index (κ1) is 17.8. The van der Waals surface area contributed by atoms with E-state index in [1.54, 1.807) is 0 Å². The van der Waals surface area contributed by atoms with Crippen LogP contribution in [0.4, 0.5) is 0 Å². The van der Waals surface area contributed by atoms with E-state index in [0.29, 0.717) is 19.1 Å². The smallest absolute Gasteiger partial charge is 0.0700 e. The lowest BCUT2D eigenvalue weighted by Crippen LogP contribution is -2.45. The van der Waals surface area contributed by atoms with Gasteiger partial charge in [-0.15, -0.1) is 0 Å². The number of aliphatic hydroxyl groups is 1. The molecule has 0 fully saturated rings. The summed E-state index contributed by atoms with van der Waals surface area (Å²) in [6, 6.07) is 0. The zero-order valence-corrected chi connectivity index (χ0v) is 12.5. The molecule has 0 bridgehead atoms. The van der Waals surface area contributed by atoms with E-state index in [1.165, 1.54) is 0 Å². The number of rotatable bonds is 12. The van der Waals surface area contributed by atoms with Crippen LogP contribution in [0.2, 0.25) is 0 Å². The molecule has 0 spiro atoms. The number of nitrogens with one attached hydrogen (secondary N) is 1. The standard InChI is InChI=1S/C14H31NO3/c1-5-15-14(4,12-16)7-6-8-17-9-10-18-11-13(2)3/h13,15-16H,5-12H2,1-4H3. The Morgan fingerprint density at radius 3 is 2.39 bits per heavy atom. The first-order chi connectivity index (χ1) is 8.54. The Morgan fingerprint density at radius 2 is 1.83 bits per heavy atom. The molecule has 0 aliphatic heterocycles. The van der Waals surface area contributed by atoms with Gasteiger partial charge in [0.05, 0.1) is 19.8 Å². The molecule has 0 saturated heterocycles. The van der Waals surface area contributed by atoms with E-state index < -0.39 is 0 Å². The van der Waals surface area contributed by atoms with Crippen LogP contribution in [0.1, 0.15) is 40.5 Å². The molecule has 0 aromatic heterocycles. The second-order valence-corrected chi connectivity index (χ2v) is 5.43. The molecule has 1 unspecified atom stereocenters. The Bertz CT molecular complexity index is 188. The van der Waals surface area contributed by atoms with Crippen molar-refractivity contribution in [2.24, 2.45) is 5.92 Å². The van der Waals surface area contributed by atoms with E-state index in [9.17, 15) is 5.11 Å². The van der Waals surface area contributed by atoms with Crippen LogP contribution in [0, 0.1) is 5.92 Å². The fourth-order valence-electron chi connectivity index (χ4n) is 1.75. The van der Waals surface area contributed by atoms with Crippen molar-refractivity contribution in [2.75, 3.05) is 39.6 Å². The van der Waals surface area contributed by atoms with E-state index in [2.05, 4.69) is 26.1 Å². The molecule has 2 N–H and O–H groups in total. The second kappa shape index (κ2) is 10.7. The van der Waals surface area contributed by atoms with Crippen LogP contribution in [0.3, 0.4) is 0 Å². The summed E-state index contributed by atoms with van der Waals surface area (Å²) in [5.41, 5.74) is -0.174. The highest BCUT2D eigenvalue weighted by molar-refractivity contribution is 4.81. The van der Waals surface area contributed by atoms with Crippen molar-refractivity contribution in [3.8, 4) is 0 Å². The molecular weight excluding hydrogens is 230 g/mol. The van der Waals surface area contributed by atoms with Crippen LogP contribution in [0.5, 0.6) is 0 Å². The first-order valence-electron chi connectivity index (χ1n) is 7.05. The highest BCUT2D eigenvalue weighted by Crippen LogP contribution is 2.11. The van der Waals surface area contributed by atoms with Crippen molar-refractivity contribution >= 4 is 0 Å². The molecule has 18 heavy (non-hydrogen) atoms. The normalized spacial score (nSPS) is 15.0. The van der Waals surface area contributed by atoms with Crippen molar-refractivity contribution < 1.29 is 14.6 Å². The molecule has 1 atom stereocenters. The summed E-state index contributed by atoms with van der Waals surface area (Å²) in [5, 5.41) is 12.6. The fraction of sp³-hybridized carbons (Fsp3) is 1.00. The maximum Gasteiger partial charge on any atom is 0.0700 e. The minimum Gasteiger partial charge on any atom is -0.394 e. The maximum absolute atomic E-state index is 9.32. The Hall–Kier alpha value is -0.160. The molecule has 0 amide bonds. The molecule has 0 aliphatic carbocycles. The average Bonchev–Trinajstić information content (AvgIpc) is 2.32. The quantitative estimate of drug-likeness (QED) is 0.526. The first-order valence-corrected chi connectivity index (χ1v) is 7.05. The van der Waals surface area contributed by atoms with E-state index in [4.69, 9.17) is 9.47 Å². The molecule has 0 aromatic rings. The predicted octanol–water partition coefficient (Wildman–Crippen LogP) is 1.82. The third kappa shape index (κ3) is 9.83. The van der Waals surface area contributed by atoms with Gasteiger partial charge in [-0.25, -0.2) is 0 Å². The molecule has 0 radical (unpaired) electrons. The fourth-order valence-corrected chi connectivity index (χ4v) is 1.75. The van der Waals surface area contributed by atoms with Gasteiger partial charge in [0.1, 0.15) is 0 Å². The highest BCUT2D eigenvalue weighted by Gasteiger charge is 2.20. The molecule has 110 valence electrons. The van der Waals surface area contributed by atoms with Crippen molar-refractivity contribution in [3.63, 3.8) is 0 Å². The summed E-state index contributed by atoms with van der Waals surface area (Å²) < 4.78 is 10.9. The number of likely N-dealkylation sites (N-methyl/N-ethyl adjacent to an activating group) is 1. The Balaban J connectivity index is 3.38. The molecule has 0 rings (SSSR count). The maximum atomic E-state index is 9.32. The van der Waals surface area contributed by atoms with E-state index >= 15 is 0 Å². The van der Waals surface area contributed by atoms with Gasteiger partial charge in [-0.1, -0.05) is 20.8 Å². The van der Waals surface area contributed by atoms with Crippen molar-refractivity contribution in [3.05, 3.63) is 0 Å². The van der Waals surface area contributed by atoms with E-state index in [0.717, 1.165) is 32.6 Å². The van der Waals surface area contributed by atoms with Crippen LogP contribution in [0.25, 0.3) is 0 Å². The minimum absolute atomic E-state index is 0.165. The summed E-state index contributed by atoms with van der Waals surface area (Å²) >= 11 is 0. The lowest BCUT2D eigenvalue weighted by molar-refractivity contribution is 0.0339. The third-order valence-corrected chi connectivity index (χ3v) is 2.79. The van der Waals surface area contributed by atoms with Gasteiger partial charge in [0, 0.05) is 18.8 Å².